The van der Waals surface area contributed by atoms with E-state index in [9.17, 15) is 14.9 Å². The average molecular weight is 367 g/mol. The summed E-state index contributed by atoms with van der Waals surface area (Å²) in [4.78, 5) is 22.8. The number of hydrogen-bond donors (Lipinski definition) is 0. The van der Waals surface area contributed by atoms with Gasteiger partial charge in [0, 0.05) is 24.9 Å². The number of rotatable bonds is 4. The van der Waals surface area contributed by atoms with E-state index in [0.29, 0.717) is 22.1 Å². The van der Waals surface area contributed by atoms with Gasteiger partial charge in [0.1, 0.15) is 0 Å². The smallest absolute Gasteiger partial charge is 0.269 e. The molecule has 0 saturated heterocycles. The van der Waals surface area contributed by atoms with Crippen molar-refractivity contribution in [3.8, 4) is 0 Å². The number of nitro groups is 1. The van der Waals surface area contributed by atoms with Crippen LogP contribution in [-0.4, -0.2) is 24.1 Å². The number of non-ortho nitro benzene ring substituents is 1. The lowest BCUT2D eigenvalue weighted by Crippen LogP contribution is -2.20. The summed E-state index contributed by atoms with van der Waals surface area (Å²) in [6, 6.07) is 13.7. The van der Waals surface area contributed by atoms with Gasteiger partial charge in [-0.15, -0.1) is 10.2 Å². The first kappa shape index (κ1) is 16.3. The summed E-state index contributed by atoms with van der Waals surface area (Å²) in [6.45, 7) is 0. The summed E-state index contributed by atoms with van der Waals surface area (Å²) in [6.07, 6.45) is 0. The fraction of sp³-hybridized carbons (Fsp3) is 0.118. The van der Waals surface area contributed by atoms with E-state index in [1.807, 2.05) is 22.6 Å². The zero-order valence-corrected chi connectivity index (χ0v) is 14.5. The van der Waals surface area contributed by atoms with Crippen molar-refractivity contribution in [2.24, 2.45) is 7.05 Å². The van der Waals surface area contributed by atoms with E-state index in [1.54, 1.807) is 25.2 Å². The van der Waals surface area contributed by atoms with Gasteiger partial charge in [-0.1, -0.05) is 36.0 Å². The predicted molar refractivity (Wildman–Crippen MR) is 98.4 cm³/mol. The van der Waals surface area contributed by atoms with Crippen molar-refractivity contribution in [3.05, 3.63) is 74.6 Å². The molecule has 2 aromatic heterocycles. The maximum atomic E-state index is 12.4. The monoisotopic (exact) mass is 367 g/mol. The Morgan fingerprint density at radius 1 is 1.12 bits per heavy atom. The van der Waals surface area contributed by atoms with Gasteiger partial charge in [-0.3, -0.25) is 23.9 Å². The third kappa shape index (κ3) is 2.62. The molecule has 0 aliphatic carbocycles. The molecule has 0 radical (unpaired) electrons. The summed E-state index contributed by atoms with van der Waals surface area (Å²) in [7, 11) is 1.67. The van der Waals surface area contributed by atoms with E-state index in [0.717, 1.165) is 11.1 Å². The molecule has 0 aliphatic heterocycles. The molecule has 2 aromatic carbocycles. The summed E-state index contributed by atoms with van der Waals surface area (Å²) in [5.41, 5.74) is 1.63. The van der Waals surface area contributed by atoms with E-state index in [2.05, 4.69) is 10.2 Å². The predicted octanol–water partition coefficient (Wildman–Crippen LogP) is 2.78. The maximum Gasteiger partial charge on any atom is 0.269 e. The van der Waals surface area contributed by atoms with Crippen LogP contribution in [0.25, 0.3) is 16.7 Å². The highest BCUT2D eigenvalue weighted by atomic mass is 32.2. The van der Waals surface area contributed by atoms with Crippen molar-refractivity contribution in [2.75, 3.05) is 0 Å². The van der Waals surface area contributed by atoms with Gasteiger partial charge in [-0.25, -0.2) is 0 Å². The Morgan fingerprint density at radius 3 is 2.58 bits per heavy atom. The van der Waals surface area contributed by atoms with Gasteiger partial charge in [-0.05, 0) is 17.7 Å². The Hall–Kier alpha value is -3.20. The summed E-state index contributed by atoms with van der Waals surface area (Å²) in [5.74, 6) is 1.05. The molecule has 0 unspecified atom stereocenters. The number of benzene rings is 2. The average Bonchev–Trinajstić information content (AvgIpc) is 3.09. The van der Waals surface area contributed by atoms with Crippen molar-refractivity contribution in [1.82, 2.24) is 19.2 Å². The minimum atomic E-state index is -0.421. The number of para-hydroxylation sites is 1. The highest BCUT2D eigenvalue weighted by molar-refractivity contribution is 7.98. The molecule has 9 heteroatoms. The minimum absolute atomic E-state index is 0.0627. The topological polar surface area (TPSA) is 95.3 Å². The van der Waals surface area contributed by atoms with Crippen molar-refractivity contribution < 1.29 is 4.92 Å². The molecule has 0 aliphatic rings. The van der Waals surface area contributed by atoms with Crippen LogP contribution in [0.1, 0.15) is 5.56 Å². The zero-order valence-electron chi connectivity index (χ0n) is 13.7. The second-order valence-corrected chi connectivity index (χ2v) is 6.65. The second kappa shape index (κ2) is 6.26. The third-order valence-corrected chi connectivity index (χ3v) is 5.11. The number of fused-ring (bicyclic) bond motifs is 3. The lowest BCUT2D eigenvalue weighted by atomic mass is 10.2. The van der Waals surface area contributed by atoms with Crippen LogP contribution in [0, 0.1) is 10.1 Å². The van der Waals surface area contributed by atoms with E-state index >= 15 is 0 Å². The van der Waals surface area contributed by atoms with Gasteiger partial charge in [-0.2, -0.15) is 0 Å². The van der Waals surface area contributed by atoms with Gasteiger partial charge in [0.05, 0.1) is 15.8 Å². The van der Waals surface area contributed by atoms with Gasteiger partial charge < -0.3 is 0 Å². The Labute approximate surface area is 151 Å². The molecule has 130 valence electrons. The number of aromatic nitrogens is 4. The van der Waals surface area contributed by atoms with Crippen LogP contribution in [0.15, 0.2) is 58.5 Å². The molecule has 0 bridgehead atoms. The minimum Gasteiger partial charge on any atom is -0.279 e. The fourth-order valence-electron chi connectivity index (χ4n) is 2.77. The van der Waals surface area contributed by atoms with Crippen LogP contribution >= 0.6 is 11.8 Å². The van der Waals surface area contributed by atoms with Crippen molar-refractivity contribution in [3.63, 3.8) is 0 Å². The summed E-state index contributed by atoms with van der Waals surface area (Å²) >= 11 is 1.46. The van der Waals surface area contributed by atoms with E-state index in [1.165, 1.54) is 28.5 Å². The van der Waals surface area contributed by atoms with E-state index in [-0.39, 0.29) is 11.2 Å². The molecule has 2 heterocycles. The highest BCUT2D eigenvalue weighted by Gasteiger charge is 2.15. The number of hydrogen-bond acceptors (Lipinski definition) is 6. The Bertz CT molecular complexity index is 1200. The molecule has 26 heavy (non-hydrogen) atoms. The molecular formula is C17H13N5O3S. The van der Waals surface area contributed by atoms with Gasteiger partial charge in [0.15, 0.2) is 5.16 Å². The molecule has 4 aromatic rings. The Morgan fingerprint density at radius 2 is 1.85 bits per heavy atom. The molecule has 0 amide bonds. The van der Waals surface area contributed by atoms with Crippen LogP contribution in [-0.2, 0) is 12.8 Å². The first-order chi connectivity index (χ1) is 12.6. The van der Waals surface area contributed by atoms with Gasteiger partial charge >= 0.3 is 0 Å². The molecular weight excluding hydrogens is 354 g/mol. The molecule has 8 nitrogen and oxygen atoms in total. The van der Waals surface area contributed by atoms with Crippen LogP contribution in [0.5, 0.6) is 0 Å². The SMILES string of the molecule is Cn1c(=O)c2ccccc2n2c(SCc3ccc([N+](=O)[O-])cc3)nnc12. The third-order valence-electron chi connectivity index (χ3n) is 4.11. The largest absolute Gasteiger partial charge is 0.279 e. The summed E-state index contributed by atoms with van der Waals surface area (Å²) in [5, 5.41) is 20.4. The Kier molecular flexibility index (Phi) is 3.92. The van der Waals surface area contributed by atoms with Crippen LogP contribution in [0.2, 0.25) is 0 Å². The number of thioether (sulfide) groups is 1. The van der Waals surface area contributed by atoms with Crippen molar-refractivity contribution >= 4 is 34.1 Å². The molecule has 0 N–H and O–H groups in total. The van der Waals surface area contributed by atoms with Crippen LogP contribution in [0.4, 0.5) is 5.69 Å². The Balaban J connectivity index is 1.73. The standard InChI is InChI=1S/C17H13N5O3S/c1-20-15(23)13-4-2-3-5-14(13)21-16(20)18-19-17(21)26-10-11-6-8-12(9-7-11)22(24)25/h2-9H,10H2,1H3. The molecule has 4 rings (SSSR count). The molecule has 0 spiro atoms. The first-order valence-corrected chi connectivity index (χ1v) is 8.74. The van der Waals surface area contributed by atoms with E-state index in [4.69, 9.17) is 0 Å². The summed E-state index contributed by atoms with van der Waals surface area (Å²) < 4.78 is 3.33. The lowest BCUT2D eigenvalue weighted by Gasteiger charge is -2.07. The van der Waals surface area contributed by atoms with E-state index < -0.39 is 4.92 Å². The maximum absolute atomic E-state index is 12.4. The van der Waals surface area contributed by atoms with Gasteiger partial charge in [0.25, 0.3) is 11.2 Å². The first-order valence-electron chi connectivity index (χ1n) is 7.75. The van der Waals surface area contributed by atoms with Crippen LogP contribution < -0.4 is 5.56 Å². The molecule has 0 fully saturated rings. The van der Waals surface area contributed by atoms with Crippen molar-refractivity contribution in [1.29, 1.82) is 0 Å². The number of nitrogens with zero attached hydrogens (tertiary/aromatic N) is 5. The quantitative estimate of drug-likeness (QED) is 0.313. The normalized spacial score (nSPS) is 11.3. The molecule has 0 saturated carbocycles. The lowest BCUT2D eigenvalue weighted by molar-refractivity contribution is -0.384. The molecule has 0 atom stereocenters. The van der Waals surface area contributed by atoms with Crippen molar-refractivity contribution in [2.45, 2.75) is 10.9 Å². The van der Waals surface area contributed by atoms with Crippen LogP contribution in [0.3, 0.4) is 0 Å². The number of nitro benzene ring substituents is 1. The zero-order chi connectivity index (χ0) is 18.3. The second-order valence-electron chi connectivity index (χ2n) is 5.71. The fourth-order valence-corrected chi connectivity index (χ4v) is 3.66. The van der Waals surface area contributed by atoms with Gasteiger partial charge in [0.2, 0.25) is 5.78 Å². The highest BCUT2D eigenvalue weighted by Crippen LogP contribution is 2.25. The number of aryl methyl sites for hydroxylation is 1.